The van der Waals surface area contributed by atoms with Crippen LogP contribution in [0.2, 0.25) is 18.1 Å². The highest BCUT2D eigenvalue weighted by Crippen LogP contribution is 2.54. The van der Waals surface area contributed by atoms with E-state index in [9.17, 15) is 4.57 Å². The Kier molecular flexibility index (Phi) is 5.83. The summed E-state index contributed by atoms with van der Waals surface area (Å²) >= 11 is 0. The maximum atomic E-state index is 12.3. The van der Waals surface area contributed by atoms with Crippen LogP contribution in [0.4, 0.5) is 0 Å². The van der Waals surface area contributed by atoms with Crippen LogP contribution < -0.4 is 0 Å². The topological polar surface area (TPSA) is 44.8 Å². The third-order valence-electron chi connectivity index (χ3n) is 3.24. The van der Waals surface area contributed by atoms with Crippen molar-refractivity contribution >= 4 is 15.9 Å². The molecule has 0 radical (unpaired) electrons. The molecule has 0 bridgehead atoms. The number of hydrogen-bond donors (Lipinski definition) is 0. The fraction of sp³-hybridized carbons (Fsp3) is 0.818. The second kappa shape index (κ2) is 5.80. The van der Waals surface area contributed by atoms with Crippen molar-refractivity contribution in [1.82, 2.24) is 0 Å². The van der Waals surface area contributed by atoms with Crippen LogP contribution in [0, 0.1) is 0 Å². The van der Waals surface area contributed by atoms with Gasteiger partial charge in [0.05, 0.1) is 0 Å². The molecule has 1 atom stereocenters. The number of rotatable bonds is 6. The molecule has 0 spiro atoms. The quantitative estimate of drug-likeness (QED) is 0.419. The molecule has 0 aromatic carbocycles. The van der Waals surface area contributed by atoms with Crippen LogP contribution in [0.25, 0.3) is 0 Å². The lowest BCUT2D eigenvalue weighted by molar-refractivity contribution is 0.202. The van der Waals surface area contributed by atoms with E-state index in [1.54, 1.807) is 0 Å². The largest absolute Gasteiger partial charge is 0.400 e. The fourth-order valence-electron chi connectivity index (χ4n) is 1.00. The van der Waals surface area contributed by atoms with Crippen molar-refractivity contribution in [3.63, 3.8) is 0 Å². The second-order valence-electron chi connectivity index (χ2n) is 5.41. The van der Waals surface area contributed by atoms with E-state index in [4.69, 9.17) is 13.5 Å². The molecule has 0 aromatic rings. The lowest BCUT2D eigenvalue weighted by atomic mass is 10.2. The van der Waals surface area contributed by atoms with Gasteiger partial charge < -0.3 is 13.5 Å². The third kappa shape index (κ3) is 4.04. The zero-order chi connectivity index (χ0) is 13.9. The van der Waals surface area contributed by atoms with Crippen molar-refractivity contribution in [1.29, 1.82) is 0 Å². The molecule has 0 amide bonds. The zero-order valence-corrected chi connectivity index (χ0v) is 13.8. The fourth-order valence-corrected chi connectivity index (χ4v) is 4.19. The summed E-state index contributed by atoms with van der Waals surface area (Å²) in [5, 5.41) is 0.0283. The van der Waals surface area contributed by atoms with Gasteiger partial charge in [0.2, 0.25) is 0 Å². The molecular formula is C11H25O4PSi. The van der Waals surface area contributed by atoms with Gasteiger partial charge >= 0.3 is 7.60 Å². The van der Waals surface area contributed by atoms with Crippen LogP contribution in [0.3, 0.4) is 0 Å². The van der Waals surface area contributed by atoms with Gasteiger partial charge in [-0.05, 0) is 18.1 Å². The summed E-state index contributed by atoms with van der Waals surface area (Å²) in [6.45, 7) is 14.2. The van der Waals surface area contributed by atoms with E-state index in [-0.39, 0.29) is 5.04 Å². The number of hydrogen-bond acceptors (Lipinski definition) is 4. The molecule has 17 heavy (non-hydrogen) atoms. The minimum absolute atomic E-state index is 0.0283. The standard InChI is InChI=1S/C11H25O4PSi/c1-9-10(16(12,13-5)14-6)15-17(7,8)11(2,3)4/h9-10H,1H2,2-8H3. The van der Waals surface area contributed by atoms with Gasteiger partial charge in [-0.3, -0.25) is 4.57 Å². The lowest BCUT2D eigenvalue weighted by Crippen LogP contribution is -2.43. The van der Waals surface area contributed by atoms with Gasteiger partial charge in [0.1, 0.15) is 0 Å². The van der Waals surface area contributed by atoms with E-state index < -0.39 is 21.8 Å². The average Bonchev–Trinajstić information content (AvgIpc) is 2.23. The minimum atomic E-state index is -3.26. The molecule has 0 rings (SSSR count). The average molecular weight is 280 g/mol. The summed E-state index contributed by atoms with van der Waals surface area (Å²) in [5.74, 6) is -0.710. The molecule has 0 saturated heterocycles. The Morgan fingerprint density at radius 3 is 1.88 bits per heavy atom. The highest BCUT2D eigenvalue weighted by atomic mass is 31.2. The van der Waals surface area contributed by atoms with Crippen LogP contribution in [0.5, 0.6) is 0 Å². The Labute approximate surface area is 106 Å². The van der Waals surface area contributed by atoms with Gasteiger partial charge in [-0.2, -0.15) is 0 Å². The van der Waals surface area contributed by atoms with E-state index in [0.717, 1.165) is 0 Å². The summed E-state index contributed by atoms with van der Waals surface area (Å²) in [7, 11) is -2.58. The van der Waals surface area contributed by atoms with E-state index in [1.165, 1.54) is 20.3 Å². The SMILES string of the molecule is C=CC(O[Si](C)(C)C(C)(C)C)P(=O)(OC)OC. The van der Waals surface area contributed by atoms with E-state index in [0.29, 0.717) is 0 Å². The molecule has 0 saturated carbocycles. The Balaban J connectivity index is 5.09. The first kappa shape index (κ1) is 17.1. The van der Waals surface area contributed by atoms with Crippen molar-refractivity contribution in [2.45, 2.75) is 44.7 Å². The van der Waals surface area contributed by atoms with Crippen LogP contribution in [0.15, 0.2) is 12.7 Å². The molecule has 0 aromatic heterocycles. The molecule has 0 fully saturated rings. The first-order valence-electron chi connectivity index (χ1n) is 5.55. The predicted octanol–water partition coefficient (Wildman–Crippen LogP) is 4.01. The summed E-state index contributed by atoms with van der Waals surface area (Å²) < 4.78 is 28.2. The molecule has 4 nitrogen and oxygen atoms in total. The smallest absolute Gasteiger partial charge is 0.361 e. The monoisotopic (exact) mass is 280 g/mol. The molecule has 0 heterocycles. The van der Waals surface area contributed by atoms with Gasteiger partial charge in [-0.25, -0.2) is 0 Å². The Morgan fingerprint density at radius 1 is 1.24 bits per heavy atom. The maximum Gasteiger partial charge on any atom is 0.361 e. The summed E-state index contributed by atoms with van der Waals surface area (Å²) in [4.78, 5) is 0. The zero-order valence-electron chi connectivity index (χ0n) is 11.9. The molecule has 6 heteroatoms. The van der Waals surface area contributed by atoms with Crippen LogP contribution >= 0.6 is 7.60 Å². The van der Waals surface area contributed by atoms with Gasteiger partial charge in [-0.15, -0.1) is 0 Å². The van der Waals surface area contributed by atoms with Gasteiger partial charge in [0.15, 0.2) is 14.2 Å². The van der Waals surface area contributed by atoms with Crippen molar-refractivity contribution in [2.24, 2.45) is 0 Å². The van der Waals surface area contributed by atoms with Crippen molar-refractivity contribution < 1.29 is 18.0 Å². The van der Waals surface area contributed by atoms with Gasteiger partial charge in [0, 0.05) is 14.2 Å². The van der Waals surface area contributed by atoms with E-state index in [1.807, 2.05) is 0 Å². The molecule has 0 aliphatic heterocycles. The van der Waals surface area contributed by atoms with Crippen molar-refractivity contribution in [3.8, 4) is 0 Å². The molecule has 0 aliphatic rings. The minimum Gasteiger partial charge on any atom is -0.400 e. The molecule has 1 unspecified atom stereocenters. The van der Waals surface area contributed by atoms with E-state index >= 15 is 0 Å². The Bertz CT molecular complexity index is 301. The van der Waals surface area contributed by atoms with Gasteiger partial charge in [-0.1, -0.05) is 33.4 Å². The molecular weight excluding hydrogens is 255 g/mol. The van der Waals surface area contributed by atoms with E-state index in [2.05, 4.69) is 40.4 Å². The third-order valence-corrected chi connectivity index (χ3v) is 9.86. The maximum absolute atomic E-state index is 12.3. The highest BCUT2D eigenvalue weighted by Gasteiger charge is 2.43. The summed E-state index contributed by atoms with van der Waals surface area (Å²) in [6.07, 6.45) is 1.49. The summed E-state index contributed by atoms with van der Waals surface area (Å²) in [6, 6.07) is 0. The highest BCUT2D eigenvalue weighted by molar-refractivity contribution is 7.54. The first-order chi connectivity index (χ1) is 7.54. The second-order valence-corrected chi connectivity index (χ2v) is 12.5. The molecule has 0 aliphatic carbocycles. The van der Waals surface area contributed by atoms with Crippen LogP contribution in [0.1, 0.15) is 20.8 Å². The lowest BCUT2D eigenvalue weighted by Gasteiger charge is -2.39. The normalized spacial score (nSPS) is 15.7. The van der Waals surface area contributed by atoms with Crippen LogP contribution in [-0.4, -0.2) is 28.4 Å². The van der Waals surface area contributed by atoms with Crippen LogP contribution in [-0.2, 0) is 18.0 Å². The first-order valence-corrected chi connectivity index (χ1v) is 10.1. The molecule has 0 N–H and O–H groups in total. The van der Waals surface area contributed by atoms with Gasteiger partial charge in [0.25, 0.3) is 0 Å². The van der Waals surface area contributed by atoms with Crippen molar-refractivity contribution in [2.75, 3.05) is 14.2 Å². The Hall–Kier alpha value is 0.0669. The summed E-state index contributed by atoms with van der Waals surface area (Å²) in [5.41, 5.74) is 0. The Morgan fingerprint density at radius 2 is 1.65 bits per heavy atom. The van der Waals surface area contributed by atoms with Crippen molar-refractivity contribution in [3.05, 3.63) is 12.7 Å². The predicted molar refractivity (Wildman–Crippen MR) is 73.9 cm³/mol. The molecule has 102 valence electrons.